The number of halogens is 5. The molecular weight excluding hydrogens is 310 g/mol. The van der Waals surface area contributed by atoms with E-state index in [1.54, 1.807) is 6.07 Å². The van der Waals surface area contributed by atoms with Crippen LogP contribution in [0, 0.1) is 5.82 Å². The predicted octanol–water partition coefficient (Wildman–Crippen LogP) is 4.99. The van der Waals surface area contributed by atoms with E-state index in [4.69, 9.17) is 11.6 Å². The molecule has 0 unspecified atom stereocenters. The molecule has 0 aliphatic carbocycles. The fourth-order valence-electron chi connectivity index (χ4n) is 1.68. The summed E-state index contributed by atoms with van der Waals surface area (Å²) in [5.74, 6) is -0.853. The summed E-state index contributed by atoms with van der Waals surface area (Å²) >= 11 is 5.63. The van der Waals surface area contributed by atoms with Gasteiger partial charge in [-0.25, -0.2) is 4.39 Å². The van der Waals surface area contributed by atoms with E-state index in [2.05, 4.69) is 10.1 Å². The summed E-state index contributed by atoms with van der Waals surface area (Å²) in [6, 6.07) is 9.72. The smallest absolute Gasteiger partial charge is 0.405 e. The minimum Gasteiger partial charge on any atom is -0.405 e. The van der Waals surface area contributed by atoms with Crippen LogP contribution < -0.4 is 10.1 Å². The Hall–Kier alpha value is -1.95. The van der Waals surface area contributed by atoms with Crippen LogP contribution in [0.15, 0.2) is 42.5 Å². The molecule has 0 saturated carbocycles. The first-order valence-corrected chi connectivity index (χ1v) is 6.25. The zero-order valence-electron chi connectivity index (χ0n) is 10.5. The van der Waals surface area contributed by atoms with Crippen LogP contribution in [0.25, 0.3) is 0 Å². The highest BCUT2D eigenvalue weighted by Crippen LogP contribution is 2.27. The van der Waals surface area contributed by atoms with E-state index in [0.717, 1.165) is 0 Å². The van der Waals surface area contributed by atoms with E-state index in [-0.39, 0.29) is 17.3 Å². The van der Waals surface area contributed by atoms with Crippen molar-refractivity contribution in [3.63, 3.8) is 0 Å². The van der Waals surface area contributed by atoms with Gasteiger partial charge in [-0.15, -0.1) is 13.2 Å². The van der Waals surface area contributed by atoms with Crippen molar-refractivity contribution in [3.05, 3.63) is 58.9 Å². The summed E-state index contributed by atoms with van der Waals surface area (Å²) in [7, 11) is 0. The summed E-state index contributed by atoms with van der Waals surface area (Å²) in [5.41, 5.74) is 0.804. The molecule has 0 amide bonds. The monoisotopic (exact) mass is 319 g/mol. The van der Waals surface area contributed by atoms with Crippen molar-refractivity contribution in [2.24, 2.45) is 0 Å². The standard InChI is InChI=1S/C14H10ClF4NO/c15-11-7-10(5-6-12(11)16)20-8-9-3-1-2-4-13(9)21-14(17,18)19/h1-7,20H,8H2. The van der Waals surface area contributed by atoms with E-state index >= 15 is 0 Å². The molecular formula is C14H10ClF4NO. The number of rotatable bonds is 4. The maximum Gasteiger partial charge on any atom is 0.573 e. The number of anilines is 1. The Morgan fingerprint density at radius 3 is 2.48 bits per heavy atom. The lowest BCUT2D eigenvalue weighted by molar-refractivity contribution is -0.274. The third-order valence-corrected chi connectivity index (χ3v) is 2.89. The van der Waals surface area contributed by atoms with Gasteiger partial charge in [0.1, 0.15) is 11.6 Å². The fourth-order valence-corrected chi connectivity index (χ4v) is 1.86. The molecule has 0 aromatic heterocycles. The Kier molecular flexibility index (Phi) is 4.57. The molecule has 0 bridgehead atoms. The van der Waals surface area contributed by atoms with Gasteiger partial charge in [0.05, 0.1) is 5.02 Å². The average molecular weight is 320 g/mol. The van der Waals surface area contributed by atoms with E-state index in [0.29, 0.717) is 11.3 Å². The maximum absolute atomic E-state index is 13.0. The molecule has 2 aromatic carbocycles. The highest BCUT2D eigenvalue weighted by atomic mass is 35.5. The van der Waals surface area contributed by atoms with Gasteiger partial charge in [0, 0.05) is 17.8 Å². The lowest BCUT2D eigenvalue weighted by Gasteiger charge is -2.14. The van der Waals surface area contributed by atoms with Gasteiger partial charge in [-0.2, -0.15) is 0 Å². The van der Waals surface area contributed by atoms with Gasteiger partial charge in [0.25, 0.3) is 0 Å². The summed E-state index contributed by atoms with van der Waals surface area (Å²) in [4.78, 5) is 0. The summed E-state index contributed by atoms with van der Waals surface area (Å²) < 4.78 is 53.8. The Balaban J connectivity index is 2.11. The summed E-state index contributed by atoms with van der Waals surface area (Å²) in [6.45, 7) is 0.0776. The van der Waals surface area contributed by atoms with Crippen LogP contribution in [-0.4, -0.2) is 6.36 Å². The number of hydrogen-bond donors (Lipinski definition) is 1. The van der Waals surface area contributed by atoms with Gasteiger partial charge >= 0.3 is 6.36 Å². The molecule has 1 N–H and O–H groups in total. The molecule has 0 saturated heterocycles. The molecule has 2 rings (SSSR count). The summed E-state index contributed by atoms with van der Waals surface area (Å²) in [5, 5.41) is 2.79. The average Bonchev–Trinajstić information content (AvgIpc) is 2.40. The van der Waals surface area contributed by atoms with E-state index < -0.39 is 12.2 Å². The molecule has 2 nitrogen and oxygen atoms in total. The molecule has 2 aromatic rings. The molecule has 0 atom stereocenters. The van der Waals surface area contributed by atoms with Crippen molar-refractivity contribution in [2.45, 2.75) is 12.9 Å². The minimum atomic E-state index is -4.75. The Morgan fingerprint density at radius 2 is 1.81 bits per heavy atom. The Labute approximate surface area is 123 Å². The van der Waals surface area contributed by atoms with Crippen LogP contribution in [-0.2, 0) is 6.54 Å². The minimum absolute atomic E-state index is 0.0696. The van der Waals surface area contributed by atoms with Gasteiger partial charge < -0.3 is 10.1 Å². The van der Waals surface area contributed by atoms with Crippen LogP contribution in [0.3, 0.4) is 0 Å². The fraction of sp³-hybridized carbons (Fsp3) is 0.143. The molecule has 0 aliphatic heterocycles. The van der Waals surface area contributed by atoms with Crippen molar-refractivity contribution in [1.82, 2.24) is 0 Å². The normalized spacial score (nSPS) is 11.3. The van der Waals surface area contributed by atoms with E-state index in [9.17, 15) is 17.6 Å². The van der Waals surface area contributed by atoms with Gasteiger partial charge in [0.15, 0.2) is 0 Å². The second-order valence-electron chi connectivity index (χ2n) is 4.14. The second kappa shape index (κ2) is 6.22. The first kappa shape index (κ1) is 15.4. The molecule has 0 heterocycles. The van der Waals surface area contributed by atoms with E-state index in [1.165, 1.54) is 36.4 Å². The van der Waals surface area contributed by atoms with Gasteiger partial charge in [0.2, 0.25) is 0 Å². The van der Waals surface area contributed by atoms with Crippen LogP contribution in [0.1, 0.15) is 5.56 Å². The van der Waals surface area contributed by atoms with E-state index in [1.807, 2.05) is 0 Å². The number of alkyl halides is 3. The molecule has 0 radical (unpaired) electrons. The Bertz CT molecular complexity index is 631. The number of hydrogen-bond acceptors (Lipinski definition) is 2. The van der Waals surface area contributed by atoms with Crippen LogP contribution in [0.2, 0.25) is 5.02 Å². The predicted molar refractivity (Wildman–Crippen MR) is 71.9 cm³/mol. The lowest BCUT2D eigenvalue weighted by Crippen LogP contribution is -2.18. The maximum atomic E-state index is 13.0. The lowest BCUT2D eigenvalue weighted by atomic mass is 10.2. The highest BCUT2D eigenvalue weighted by Gasteiger charge is 2.31. The SMILES string of the molecule is Fc1ccc(NCc2ccccc2OC(F)(F)F)cc1Cl. The molecule has 0 fully saturated rings. The van der Waals surface area contributed by atoms with Gasteiger partial charge in [-0.3, -0.25) is 0 Å². The molecule has 112 valence electrons. The van der Waals surface area contributed by atoms with Crippen LogP contribution >= 0.6 is 11.6 Å². The number of para-hydroxylation sites is 1. The first-order valence-electron chi connectivity index (χ1n) is 5.88. The van der Waals surface area contributed by atoms with Crippen LogP contribution in [0.4, 0.5) is 23.2 Å². The van der Waals surface area contributed by atoms with Crippen molar-refractivity contribution < 1.29 is 22.3 Å². The Morgan fingerprint density at radius 1 is 1.10 bits per heavy atom. The van der Waals surface area contributed by atoms with Crippen LogP contribution in [0.5, 0.6) is 5.75 Å². The second-order valence-corrected chi connectivity index (χ2v) is 4.55. The third kappa shape index (κ3) is 4.53. The number of nitrogens with one attached hydrogen (secondary N) is 1. The number of ether oxygens (including phenoxy) is 1. The molecule has 21 heavy (non-hydrogen) atoms. The molecule has 0 aliphatic rings. The van der Waals surface area contributed by atoms with Crippen molar-refractivity contribution in [2.75, 3.05) is 5.32 Å². The quantitative estimate of drug-likeness (QED) is 0.802. The zero-order valence-corrected chi connectivity index (χ0v) is 11.3. The number of benzene rings is 2. The zero-order chi connectivity index (χ0) is 15.5. The summed E-state index contributed by atoms with van der Waals surface area (Å²) in [6.07, 6.45) is -4.75. The van der Waals surface area contributed by atoms with Gasteiger partial charge in [-0.1, -0.05) is 29.8 Å². The topological polar surface area (TPSA) is 21.3 Å². The first-order chi connectivity index (χ1) is 9.85. The van der Waals surface area contributed by atoms with Crippen molar-refractivity contribution in [1.29, 1.82) is 0 Å². The van der Waals surface area contributed by atoms with Crippen molar-refractivity contribution >= 4 is 17.3 Å². The van der Waals surface area contributed by atoms with Gasteiger partial charge in [-0.05, 0) is 24.3 Å². The largest absolute Gasteiger partial charge is 0.573 e. The third-order valence-electron chi connectivity index (χ3n) is 2.60. The molecule has 7 heteroatoms. The highest BCUT2D eigenvalue weighted by molar-refractivity contribution is 6.31. The molecule has 0 spiro atoms. The van der Waals surface area contributed by atoms with Crippen molar-refractivity contribution in [3.8, 4) is 5.75 Å².